The number of rotatable bonds is 9. The van der Waals surface area contributed by atoms with Crippen LogP contribution in [0.3, 0.4) is 0 Å². The molecule has 1 aromatic rings. The molecule has 5 heteroatoms. The summed E-state index contributed by atoms with van der Waals surface area (Å²) in [5.74, 6) is 2.64. The zero-order valence-corrected chi connectivity index (χ0v) is 17.3. The predicted molar refractivity (Wildman–Crippen MR) is 114 cm³/mol. The number of hydrogen-bond acceptors (Lipinski definition) is 3. The van der Waals surface area contributed by atoms with Gasteiger partial charge in [-0.05, 0) is 62.4 Å². The van der Waals surface area contributed by atoms with Gasteiger partial charge in [-0.2, -0.15) is 0 Å². The number of nitrogens with zero attached hydrogens (tertiary/aromatic N) is 3. The Morgan fingerprint density at radius 1 is 1.33 bits per heavy atom. The Morgan fingerprint density at radius 3 is 2.63 bits per heavy atom. The molecule has 1 aliphatic rings. The van der Waals surface area contributed by atoms with Crippen LogP contribution in [0.25, 0.3) is 0 Å². The zero-order valence-electron chi connectivity index (χ0n) is 17.3. The highest BCUT2D eigenvalue weighted by Crippen LogP contribution is 2.19. The third-order valence-corrected chi connectivity index (χ3v) is 5.30. The summed E-state index contributed by atoms with van der Waals surface area (Å²) in [6, 6.07) is 8.42. The summed E-state index contributed by atoms with van der Waals surface area (Å²) in [6.45, 7) is 9.14. The topological polar surface area (TPSA) is 40.1 Å². The molecular weight excluding hydrogens is 336 g/mol. The first-order chi connectivity index (χ1) is 13.2. The molecule has 0 spiro atoms. The molecule has 0 bridgehead atoms. The molecular formula is C22H36N4O. The smallest absolute Gasteiger partial charge is 0.193 e. The van der Waals surface area contributed by atoms with E-state index in [0.29, 0.717) is 0 Å². The van der Waals surface area contributed by atoms with Gasteiger partial charge in [0.1, 0.15) is 5.75 Å². The van der Waals surface area contributed by atoms with E-state index in [-0.39, 0.29) is 0 Å². The predicted octanol–water partition coefficient (Wildman–Crippen LogP) is 3.38. The number of piperidine rings is 1. The van der Waals surface area contributed by atoms with E-state index in [1.54, 1.807) is 7.11 Å². The summed E-state index contributed by atoms with van der Waals surface area (Å²) in [5, 5.41) is 3.56. The number of hydrogen-bond donors (Lipinski definition) is 1. The summed E-state index contributed by atoms with van der Waals surface area (Å²) in [7, 11) is 5.68. The fourth-order valence-electron chi connectivity index (χ4n) is 3.54. The van der Waals surface area contributed by atoms with Crippen LogP contribution in [0.1, 0.15) is 31.2 Å². The molecule has 0 atom stereocenters. The number of ether oxygens (including phenoxy) is 1. The number of allylic oxidation sites excluding steroid dienone is 1. The molecule has 1 saturated heterocycles. The quantitative estimate of drug-likeness (QED) is 0.312. The van der Waals surface area contributed by atoms with Gasteiger partial charge >= 0.3 is 0 Å². The molecule has 1 aliphatic heterocycles. The molecule has 0 amide bonds. The minimum absolute atomic E-state index is 0.718. The average Bonchev–Trinajstić information content (AvgIpc) is 2.70. The van der Waals surface area contributed by atoms with Gasteiger partial charge in [0.2, 0.25) is 0 Å². The van der Waals surface area contributed by atoms with Crippen LogP contribution in [0.4, 0.5) is 0 Å². The Morgan fingerprint density at radius 2 is 2.04 bits per heavy atom. The lowest BCUT2D eigenvalue weighted by atomic mass is 9.96. The SMILES string of the molecule is C=CCCCN(C)C(=NC)NCC1CCN(Cc2ccc(OC)cc2)CC1. The van der Waals surface area contributed by atoms with E-state index in [1.807, 2.05) is 25.3 Å². The van der Waals surface area contributed by atoms with E-state index < -0.39 is 0 Å². The van der Waals surface area contributed by atoms with Crippen molar-refractivity contribution < 1.29 is 4.74 Å². The number of guanidine groups is 1. The Hall–Kier alpha value is -2.01. The molecule has 150 valence electrons. The maximum Gasteiger partial charge on any atom is 0.193 e. The lowest BCUT2D eigenvalue weighted by Gasteiger charge is -2.33. The van der Waals surface area contributed by atoms with E-state index in [2.05, 4.69) is 45.9 Å². The van der Waals surface area contributed by atoms with Crippen molar-refractivity contribution in [3.05, 3.63) is 42.5 Å². The van der Waals surface area contributed by atoms with Crippen molar-refractivity contribution in [1.29, 1.82) is 0 Å². The molecule has 0 saturated carbocycles. The molecule has 27 heavy (non-hydrogen) atoms. The molecule has 0 radical (unpaired) electrons. The average molecular weight is 373 g/mol. The van der Waals surface area contributed by atoms with E-state index >= 15 is 0 Å². The number of methoxy groups -OCH3 is 1. The lowest BCUT2D eigenvalue weighted by Crippen LogP contribution is -2.43. The molecule has 0 unspecified atom stereocenters. The second-order valence-electron chi connectivity index (χ2n) is 7.35. The van der Waals surface area contributed by atoms with Crippen LogP contribution in [0, 0.1) is 5.92 Å². The van der Waals surface area contributed by atoms with E-state index in [0.717, 1.165) is 63.2 Å². The fourth-order valence-corrected chi connectivity index (χ4v) is 3.54. The molecule has 0 aliphatic carbocycles. The first kappa shape index (κ1) is 21.3. The van der Waals surface area contributed by atoms with E-state index in [4.69, 9.17) is 4.74 Å². The highest BCUT2D eigenvalue weighted by Gasteiger charge is 2.20. The van der Waals surface area contributed by atoms with Gasteiger partial charge in [0.25, 0.3) is 0 Å². The van der Waals surface area contributed by atoms with Crippen molar-refractivity contribution >= 4 is 5.96 Å². The number of benzene rings is 1. The summed E-state index contributed by atoms with van der Waals surface area (Å²) in [4.78, 5) is 9.18. The Labute approximate surface area is 165 Å². The Balaban J connectivity index is 1.69. The zero-order chi connectivity index (χ0) is 19.5. The third-order valence-electron chi connectivity index (χ3n) is 5.30. The van der Waals surface area contributed by atoms with Crippen LogP contribution in [0.15, 0.2) is 41.9 Å². The minimum atomic E-state index is 0.718. The third kappa shape index (κ3) is 7.25. The Bertz CT molecular complexity index is 576. The minimum Gasteiger partial charge on any atom is -0.497 e. The van der Waals surface area contributed by atoms with Crippen LogP contribution >= 0.6 is 0 Å². The van der Waals surface area contributed by atoms with Crippen LogP contribution in [0.2, 0.25) is 0 Å². The van der Waals surface area contributed by atoms with Crippen molar-refractivity contribution in [2.45, 2.75) is 32.2 Å². The summed E-state index contributed by atoms with van der Waals surface area (Å²) < 4.78 is 5.23. The van der Waals surface area contributed by atoms with Crippen LogP contribution in [-0.4, -0.2) is 63.1 Å². The van der Waals surface area contributed by atoms with Crippen molar-refractivity contribution in [1.82, 2.24) is 15.1 Å². The van der Waals surface area contributed by atoms with Gasteiger partial charge in [-0.1, -0.05) is 18.2 Å². The van der Waals surface area contributed by atoms with E-state index in [1.165, 1.54) is 18.4 Å². The molecule has 2 rings (SSSR count). The van der Waals surface area contributed by atoms with Gasteiger partial charge in [-0.3, -0.25) is 9.89 Å². The maximum absolute atomic E-state index is 5.23. The number of unbranched alkanes of at least 4 members (excludes halogenated alkanes) is 1. The van der Waals surface area contributed by atoms with Crippen molar-refractivity contribution in [3.63, 3.8) is 0 Å². The Kier molecular flexibility index (Phi) is 9.19. The van der Waals surface area contributed by atoms with Crippen molar-refractivity contribution in [3.8, 4) is 5.75 Å². The highest BCUT2D eigenvalue weighted by molar-refractivity contribution is 5.79. The monoisotopic (exact) mass is 372 g/mol. The second kappa shape index (κ2) is 11.7. The van der Waals surface area contributed by atoms with Gasteiger partial charge in [-0.25, -0.2) is 0 Å². The second-order valence-corrected chi connectivity index (χ2v) is 7.35. The molecule has 1 fully saturated rings. The molecule has 5 nitrogen and oxygen atoms in total. The fraction of sp³-hybridized carbons (Fsp3) is 0.591. The normalized spacial score (nSPS) is 16.2. The van der Waals surface area contributed by atoms with Gasteiger partial charge < -0.3 is 15.0 Å². The first-order valence-electron chi connectivity index (χ1n) is 10.0. The van der Waals surface area contributed by atoms with Crippen LogP contribution < -0.4 is 10.1 Å². The van der Waals surface area contributed by atoms with Crippen LogP contribution in [-0.2, 0) is 6.54 Å². The highest BCUT2D eigenvalue weighted by atomic mass is 16.5. The molecule has 0 aromatic heterocycles. The lowest BCUT2D eigenvalue weighted by molar-refractivity contribution is 0.177. The largest absolute Gasteiger partial charge is 0.497 e. The van der Waals surface area contributed by atoms with Gasteiger partial charge in [-0.15, -0.1) is 6.58 Å². The molecule has 1 aromatic carbocycles. The maximum atomic E-state index is 5.23. The summed E-state index contributed by atoms with van der Waals surface area (Å²) in [5.41, 5.74) is 1.36. The van der Waals surface area contributed by atoms with Crippen molar-refractivity contribution in [2.75, 3.05) is 47.4 Å². The van der Waals surface area contributed by atoms with Gasteiger partial charge in [0.05, 0.1) is 7.11 Å². The number of nitrogens with one attached hydrogen (secondary N) is 1. The van der Waals surface area contributed by atoms with Crippen LogP contribution in [0.5, 0.6) is 5.75 Å². The summed E-state index contributed by atoms with van der Waals surface area (Å²) >= 11 is 0. The standard InChI is InChI=1S/C22H36N4O/c1-5-6-7-14-25(3)22(23-2)24-17-19-12-15-26(16-13-19)18-20-8-10-21(27-4)11-9-20/h5,8-11,19H,1,6-7,12-18H2,2-4H3,(H,23,24). The van der Waals surface area contributed by atoms with Crippen molar-refractivity contribution in [2.24, 2.45) is 10.9 Å². The number of aliphatic imine (C=N–C) groups is 1. The van der Waals surface area contributed by atoms with Gasteiger partial charge in [0.15, 0.2) is 5.96 Å². The first-order valence-corrected chi connectivity index (χ1v) is 10.0. The molecule has 1 N–H and O–H groups in total. The van der Waals surface area contributed by atoms with Gasteiger partial charge in [0, 0.05) is 33.7 Å². The molecule has 1 heterocycles. The number of likely N-dealkylation sites (tertiary alicyclic amines) is 1. The summed E-state index contributed by atoms with van der Waals surface area (Å²) in [6.07, 6.45) is 6.61. The van der Waals surface area contributed by atoms with E-state index in [9.17, 15) is 0 Å².